The average molecular weight is 199 g/mol. The fourth-order valence-electron chi connectivity index (χ4n) is 0.826. The molecule has 0 aliphatic rings. The first-order valence-electron chi connectivity index (χ1n) is 3.55. The number of nitrogens with zero attached hydrogens (tertiary/aromatic N) is 2. The second kappa shape index (κ2) is 3.61. The molecule has 0 fully saturated rings. The number of amides is 1. The molecule has 0 saturated heterocycles. The maximum atomic E-state index is 11.4. The Kier molecular flexibility index (Phi) is 2.72. The number of hydrogen-bond acceptors (Lipinski definition) is 4. The third-order valence-electron chi connectivity index (χ3n) is 1.62. The van der Waals surface area contributed by atoms with Crippen LogP contribution in [0.15, 0.2) is 16.1 Å². The van der Waals surface area contributed by atoms with Crippen LogP contribution in [0.5, 0.6) is 0 Å². The molecule has 70 valence electrons. The molecule has 0 atom stereocenters. The van der Waals surface area contributed by atoms with Gasteiger partial charge in [0.15, 0.2) is 5.16 Å². The van der Waals surface area contributed by atoms with E-state index < -0.39 is 11.5 Å². The number of hydrogen-bond donors (Lipinski definition) is 2. The lowest BCUT2D eigenvalue weighted by Gasteiger charge is -2.03. The van der Waals surface area contributed by atoms with E-state index >= 15 is 0 Å². The van der Waals surface area contributed by atoms with Crippen LogP contribution < -0.4 is 10.9 Å². The van der Waals surface area contributed by atoms with Gasteiger partial charge in [-0.3, -0.25) is 14.2 Å². The summed E-state index contributed by atoms with van der Waals surface area (Å²) in [5.41, 5.74) is -0.387. The summed E-state index contributed by atoms with van der Waals surface area (Å²) in [6.07, 6.45) is 1.21. The Bertz CT molecular complexity index is 399. The van der Waals surface area contributed by atoms with Gasteiger partial charge in [-0.25, -0.2) is 4.98 Å². The van der Waals surface area contributed by atoms with E-state index in [0.29, 0.717) is 0 Å². The van der Waals surface area contributed by atoms with Gasteiger partial charge >= 0.3 is 0 Å². The Morgan fingerprint density at radius 3 is 2.85 bits per heavy atom. The number of aromatic nitrogens is 2. The van der Waals surface area contributed by atoms with Crippen LogP contribution >= 0.6 is 12.6 Å². The van der Waals surface area contributed by atoms with Crippen LogP contribution in [0.4, 0.5) is 0 Å². The molecule has 6 heteroatoms. The average Bonchev–Trinajstić information content (AvgIpc) is 2.13. The van der Waals surface area contributed by atoms with Crippen molar-refractivity contribution in [1.82, 2.24) is 14.9 Å². The van der Waals surface area contributed by atoms with Gasteiger partial charge in [0.25, 0.3) is 11.5 Å². The summed E-state index contributed by atoms with van der Waals surface area (Å²) in [6.45, 7) is 0. The first-order valence-corrected chi connectivity index (χ1v) is 3.99. The highest BCUT2D eigenvalue weighted by molar-refractivity contribution is 7.80. The van der Waals surface area contributed by atoms with Gasteiger partial charge in [0.1, 0.15) is 5.56 Å². The normalized spacial score (nSPS) is 9.77. The molecular formula is C7H9N3O2S. The highest BCUT2D eigenvalue weighted by Gasteiger charge is 2.11. The van der Waals surface area contributed by atoms with Crippen LogP contribution in [0, 0.1) is 0 Å². The smallest absolute Gasteiger partial charge is 0.266 e. The summed E-state index contributed by atoms with van der Waals surface area (Å²) in [7, 11) is 2.96. The molecule has 5 nitrogen and oxygen atoms in total. The Labute approximate surface area is 80.2 Å². The van der Waals surface area contributed by atoms with Crippen molar-refractivity contribution in [3.05, 3.63) is 22.1 Å². The lowest BCUT2D eigenvalue weighted by Crippen LogP contribution is -2.31. The van der Waals surface area contributed by atoms with Gasteiger partial charge in [-0.1, -0.05) is 0 Å². The van der Waals surface area contributed by atoms with E-state index in [-0.39, 0.29) is 10.7 Å². The molecule has 1 heterocycles. The van der Waals surface area contributed by atoms with Gasteiger partial charge < -0.3 is 5.32 Å². The topological polar surface area (TPSA) is 64.0 Å². The third-order valence-corrected chi connectivity index (χ3v) is 2.03. The number of thiol groups is 1. The molecule has 0 unspecified atom stereocenters. The Hall–Kier alpha value is -1.30. The highest BCUT2D eigenvalue weighted by atomic mass is 32.1. The van der Waals surface area contributed by atoms with E-state index in [1.165, 1.54) is 24.9 Å². The van der Waals surface area contributed by atoms with Gasteiger partial charge in [0.2, 0.25) is 0 Å². The van der Waals surface area contributed by atoms with Crippen molar-refractivity contribution in [1.29, 1.82) is 0 Å². The molecule has 13 heavy (non-hydrogen) atoms. The van der Waals surface area contributed by atoms with E-state index in [1.807, 2.05) is 0 Å². The molecule has 0 bridgehead atoms. The van der Waals surface area contributed by atoms with E-state index in [9.17, 15) is 9.59 Å². The summed E-state index contributed by atoms with van der Waals surface area (Å²) in [5.74, 6) is -0.443. The maximum absolute atomic E-state index is 11.4. The molecule has 0 aromatic carbocycles. The van der Waals surface area contributed by atoms with Gasteiger partial charge in [0, 0.05) is 20.3 Å². The summed E-state index contributed by atoms with van der Waals surface area (Å²) >= 11 is 3.93. The maximum Gasteiger partial charge on any atom is 0.266 e. The third kappa shape index (κ3) is 1.72. The van der Waals surface area contributed by atoms with Gasteiger partial charge in [-0.15, -0.1) is 12.6 Å². The lowest BCUT2D eigenvalue weighted by molar-refractivity contribution is 0.0960. The molecule has 0 saturated carbocycles. The van der Waals surface area contributed by atoms with Crippen molar-refractivity contribution in [2.45, 2.75) is 5.16 Å². The lowest BCUT2D eigenvalue weighted by atomic mass is 10.3. The summed E-state index contributed by atoms with van der Waals surface area (Å²) < 4.78 is 1.20. The second-order valence-corrected chi connectivity index (χ2v) is 2.82. The first-order chi connectivity index (χ1) is 6.07. The monoisotopic (exact) mass is 199 g/mol. The Morgan fingerprint density at radius 1 is 1.69 bits per heavy atom. The predicted molar refractivity (Wildman–Crippen MR) is 50.1 cm³/mol. The van der Waals surface area contributed by atoms with Gasteiger partial charge in [-0.05, 0) is 0 Å². The molecule has 1 rings (SSSR count). The zero-order valence-corrected chi connectivity index (χ0v) is 8.13. The van der Waals surface area contributed by atoms with Crippen molar-refractivity contribution in [3.8, 4) is 0 Å². The Morgan fingerprint density at radius 2 is 2.31 bits per heavy atom. The molecule has 0 aliphatic heterocycles. The zero-order valence-electron chi connectivity index (χ0n) is 7.24. The molecular weight excluding hydrogens is 190 g/mol. The van der Waals surface area contributed by atoms with Crippen LogP contribution in [0.3, 0.4) is 0 Å². The standard InChI is InChI=1S/C7H9N3O2S/c1-8-5(11)4-3-9-7(13)10(2)6(4)12/h3H,1-2H3,(H,8,11)(H,9,13). The highest BCUT2D eigenvalue weighted by Crippen LogP contribution is 1.96. The van der Waals surface area contributed by atoms with Crippen LogP contribution in [-0.4, -0.2) is 22.5 Å². The number of carbonyl (C=O) groups excluding carboxylic acids is 1. The first kappa shape index (κ1) is 9.79. The van der Waals surface area contributed by atoms with Gasteiger partial charge in [0.05, 0.1) is 0 Å². The summed E-state index contributed by atoms with van der Waals surface area (Å²) in [4.78, 5) is 26.3. The Balaban J connectivity index is 3.35. The quantitative estimate of drug-likeness (QED) is 0.470. The van der Waals surface area contributed by atoms with Crippen molar-refractivity contribution in [2.24, 2.45) is 7.05 Å². The van der Waals surface area contributed by atoms with E-state index in [2.05, 4.69) is 22.9 Å². The van der Waals surface area contributed by atoms with E-state index in [0.717, 1.165) is 0 Å². The minimum Gasteiger partial charge on any atom is -0.355 e. The SMILES string of the molecule is CNC(=O)c1cnc(S)n(C)c1=O. The fourth-order valence-corrected chi connectivity index (χ4v) is 0.975. The van der Waals surface area contributed by atoms with E-state index in [4.69, 9.17) is 0 Å². The fraction of sp³-hybridized carbons (Fsp3) is 0.286. The van der Waals surface area contributed by atoms with Crippen LogP contribution in [0.2, 0.25) is 0 Å². The number of carbonyl (C=O) groups is 1. The molecule has 0 aliphatic carbocycles. The predicted octanol–water partition coefficient (Wildman–Crippen LogP) is -0.571. The second-order valence-electron chi connectivity index (χ2n) is 2.42. The minimum absolute atomic E-state index is 0.0165. The van der Waals surface area contributed by atoms with Crippen molar-refractivity contribution in [3.63, 3.8) is 0 Å². The molecule has 1 amide bonds. The van der Waals surface area contributed by atoms with E-state index in [1.54, 1.807) is 0 Å². The van der Waals surface area contributed by atoms with Gasteiger partial charge in [-0.2, -0.15) is 0 Å². The molecule has 1 aromatic rings. The number of nitrogens with one attached hydrogen (secondary N) is 1. The molecule has 0 spiro atoms. The largest absolute Gasteiger partial charge is 0.355 e. The van der Waals surface area contributed by atoms with Crippen molar-refractivity contribution in [2.75, 3.05) is 7.05 Å². The zero-order chi connectivity index (χ0) is 10.0. The van der Waals surface area contributed by atoms with Crippen LogP contribution in [0.1, 0.15) is 10.4 Å². The van der Waals surface area contributed by atoms with Crippen LogP contribution in [-0.2, 0) is 7.05 Å². The van der Waals surface area contributed by atoms with Crippen molar-refractivity contribution >= 4 is 18.5 Å². The van der Waals surface area contributed by atoms with Crippen LogP contribution in [0.25, 0.3) is 0 Å². The number of rotatable bonds is 1. The minimum atomic E-state index is -0.443. The summed E-state index contributed by atoms with van der Waals surface area (Å²) in [6, 6.07) is 0. The molecule has 0 radical (unpaired) electrons. The summed E-state index contributed by atoms with van der Waals surface area (Å²) in [5, 5.41) is 2.63. The molecule has 1 aromatic heterocycles. The molecule has 1 N–H and O–H groups in total. The van der Waals surface area contributed by atoms with Crippen molar-refractivity contribution < 1.29 is 4.79 Å².